The number of aromatic nitrogens is 8. The second-order valence-electron chi connectivity index (χ2n) is 9.84. The van der Waals surface area contributed by atoms with Gasteiger partial charge in [-0.25, -0.2) is 9.97 Å². The van der Waals surface area contributed by atoms with Crippen molar-refractivity contribution in [3.8, 4) is 0 Å². The van der Waals surface area contributed by atoms with Crippen LogP contribution in [0.2, 0.25) is 10.3 Å². The van der Waals surface area contributed by atoms with Crippen molar-refractivity contribution in [2.75, 3.05) is 22.1 Å². The van der Waals surface area contributed by atoms with E-state index in [9.17, 15) is 9.18 Å². The number of nitrogens with zero attached hydrogens (tertiary/aromatic N) is 8. The quantitative estimate of drug-likeness (QED) is 0.238. The molecule has 5 aromatic heterocycles. The minimum atomic E-state index is -0.690. The van der Waals surface area contributed by atoms with Crippen LogP contribution in [0.1, 0.15) is 36.9 Å². The summed E-state index contributed by atoms with van der Waals surface area (Å²) in [6, 6.07) is 7.41. The Balaban J connectivity index is 1.24. The van der Waals surface area contributed by atoms with Crippen LogP contribution in [0, 0.1) is 5.95 Å². The molecule has 1 aliphatic heterocycles. The number of amides is 1. The van der Waals surface area contributed by atoms with Gasteiger partial charge in [0.25, 0.3) is 0 Å². The molecule has 204 valence electrons. The standard InChI is InChI=1S/C25H22Cl2FN11O/c26-21-22(27)39(12-30-21)15-8-17(23(40)31-14-5-6-18(28)29-10-14)38(11-15)25-33-20-2-1-7-37(20)24(34-25)32-19-9-16(35-36-19)13-3-4-13/h1-2,5-7,9-10,12-13,15,17H,3-4,8,11H2,(H,31,40)(H2,32,33,34,35,36)/t15-,17-/m0/s1. The van der Waals surface area contributed by atoms with Crippen molar-refractivity contribution >= 4 is 58.2 Å². The molecule has 7 rings (SSSR count). The molecule has 0 unspecified atom stereocenters. The van der Waals surface area contributed by atoms with Gasteiger partial charge in [-0.05, 0) is 43.5 Å². The largest absolute Gasteiger partial charge is 0.326 e. The van der Waals surface area contributed by atoms with Crippen LogP contribution < -0.4 is 15.5 Å². The van der Waals surface area contributed by atoms with E-state index in [0.717, 1.165) is 18.5 Å². The van der Waals surface area contributed by atoms with E-state index in [2.05, 4.69) is 30.8 Å². The molecule has 1 saturated carbocycles. The molecule has 12 nitrogen and oxygen atoms in total. The summed E-state index contributed by atoms with van der Waals surface area (Å²) >= 11 is 12.5. The van der Waals surface area contributed by atoms with Crippen molar-refractivity contribution in [3.05, 3.63) is 71.0 Å². The van der Waals surface area contributed by atoms with Crippen molar-refractivity contribution in [2.45, 2.75) is 37.3 Å². The number of halogens is 3. The summed E-state index contributed by atoms with van der Waals surface area (Å²) in [6.07, 6.45) is 7.34. The number of rotatable bonds is 7. The zero-order valence-electron chi connectivity index (χ0n) is 20.8. The van der Waals surface area contributed by atoms with Gasteiger partial charge in [0.05, 0.1) is 24.3 Å². The molecule has 0 spiro atoms. The van der Waals surface area contributed by atoms with Crippen molar-refractivity contribution < 1.29 is 9.18 Å². The van der Waals surface area contributed by atoms with Crippen molar-refractivity contribution in [3.63, 3.8) is 0 Å². The summed E-state index contributed by atoms with van der Waals surface area (Å²) in [7, 11) is 0. The minimum Gasteiger partial charge on any atom is -0.326 e. The van der Waals surface area contributed by atoms with Crippen molar-refractivity contribution in [1.29, 1.82) is 0 Å². The fourth-order valence-corrected chi connectivity index (χ4v) is 5.36. The number of hydrogen-bond donors (Lipinski definition) is 3. The van der Waals surface area contributed by atoms with E-state index in [1.54, 1.807) is 10.9 Å². The Hall–Kier alpha value is -4.23. The number of carbonyl (C=O) groups excluding carboxylic acids is 1. The molecule has 1 saturated heterocycles. The number of nitrogens with one attached hydrogen (secondary N) is 3. The Morgan fingerprint density at radius 2 is 2.02 bits per heavy atom. The van der Waals surface area contributed by atoms with Gasteiger partial charge in [-0.15, -0.1) is 0 Å². The predicted molar refractivity (Wildman–Crippen MR) is 147 cm³/mol. The molecule has 0 radical (unpaired) electrons. The summed E-state index contributed by atoms with van der Waals surface area (Å²) in [5.41, 5.74) is 2.10. The highest BCUT2D eigenvalue weighted by Gasteiger charge is 2.40. The van der Waals surface area contributed by atoms with Crippen molar-refractivity contribution in [1.82, 2.24) is 39.1 Å². The number of imidazole rings is 1. The second-order valence-corrected chi connectivity index (χ2v) is 10.6. The third kappa shape index (κ3) is 4.60. The Morgan fingerprint density at radius 3 is 2.77 bits per heavy atom. The number of anilines is 4. The van der Waals surface area contributed by atoms with Crippen LogP contribution >= 0.6 is 23.2 Å². The fraction of sp³-hybridized carbons (Fsp3) is 0.280. The Morgan fingerprint density at radius 1 is 1.15 bits per heavy atom. The highest BCUT2D eigenvalue weighted by molar-refractivity contribution is 6.40. The number of H-pyrrole nitrogens is 1. The maximum absolute atomic E-state index is 13.6. The van der Waals surface area contributed by atoms with Gasteiger partial charge in [0.1, 0.15) is 16.8 Å². The van der Waals surface area contributed by atoms with E-state index in [-0.39, 0.29) is 22.3 Å². The number of pyridine rings is 1. The molecule has 0 bridgehead atoms. The number of hydrogen-bond acceptors (Lipinski definition) is 8. The van der Waals surface area contributed by atoms with Crippen LogP contribution in [-0.4, -0.2) is 57.6 Å². The lowest BCUT2D eigenvalue weighted by atomic mass is 10.1. The molecule has 2 atom stereocenters. The Kier molecular flexibility index (Phi) is 6.04. The molecular weight excluding hydrogens is 560 g/mol. The Labute approximate surface area is 236 Å². The van der Waals surface area contributed by atoms with Crippen LogP contribution in [0.15, 0.2) is 49.1 Å². The third-order valence-electron chi connectivity index (χ3n) is 7.15. The van der Waals surface area contributed by atoms with Crippen LogP contribution in [-0.2, 0) is 4.79 Å². The van der Waals surface area contributed by atoms with Gasteiger partial charge in [0, 0.05) is 30.4 Å². The smallest absolute Gasteiger partial charge is 0.247 e. The van der Waals surface area contributed by atoms with Crippen molar-refractivity contribution in [2.24, 2.45) is 0 Å². The maximum Gasteiger partial charge on any atom is 0.247 e. The molecular formula is C25H22Cl2FN11O. The summed E-state index contributed by atoms with van der Waals surface area (Å²) in [4.78, 5) is 32.7. The van der Waals surface area contributed by atoms with E-state index in [1.165, 1.54) is 18.3 Å². The highest BCUT2D eigenvalue weighted by atomic mass is 35.5. The minimum absolute atomic E-state index is 0.181. The van der Waals surface area contributed by atoms with E-state index >= 15 is 0 Å². The zero-order valence-corrected chi connectivity index (χ0v) is 22.3. The predicted octanol–water partition coefficient (Wildman–Crippen LogP) is 4.57. The number of aromatic amines is 1. The molecule has 15 heteroatoms. The van der Waals surface area contributed by atoms with Gasteiger partial charge in [-0.3, -0.25) is 14.3 Å². The van der Waals surface area contributed by atoms with Gasteiger partial charge >= 0.3 is 0 Å². The highest BCUT2D eigenvalue weighted by Crippen LogP contribution is 2.40. The monoisotopic (exact) mass is 581 g/mol. The number of carbonyl (C=O) groups is 1. The Bertz CT molecular complexity index is 1710. The molecule has 0 aromatic carbocycles. The first-order valence-corrected chi connectivity index (χ1v) is 13.4. The first kappa shape index (κ1) is 24.8. The first-order chi connectivity index (χ1) is 19.4. The molecule has 1 amide bonds. The maximum atomic E-state index is 13.6. The molecule has 1 aliphatic carbocycles. The molecule has 2 fully saturated rings. The fourth-order valence-electron chi connectivity index (χ4n) is 4.99. The summed E-state index contributed by atoms with van der Waals surface area (Å²) in [5, 5.41) is 14.1. The van der Waals surface area contributed by atoms with Gasteiger partial charge < -0.3 is 20.1 Å². The van der Waals surface area contributed by atoms with E-state index in [0.29, 0.717) is 47.9 Å². The third-order valence-corrected chi connectivity index (χ3v) is 7.90. The van der Waals surface area contributed by atoms with E-state index in [1.807, 2.05) is 33.7 Å². The van der Waals surface area contributed by atoms with Gasteiger partial charge in [-0.1, -0.05) is 23.2 Å². The van der Waals surface area contributed by atoms with Gasteiger partial charge in [0.2, 0.25) is 23.8 Å². The van der Waals surface area contributed by atoms with Crippen LogP contribution in [0.3, 0.4) is 0 Å². The zero-order chi connectivity index (χ0) is 27.4. The SMILES string of the molecule is O=C(Nc1ccc(F)nc1)[C@@H]1C[C@H](n2cnc(Cl)c2Cl)CN1c1nc(Nc2cc(C3CC3)[nH]n2)n2cccc2n1. The molecule has 2 aliphatic rings. The average molecular weight is 582 g/mol. The van der Waals surface area contributed by atoms with E-state index in [4.69, 9.17) is 33.2 Å². The summed E-state index contributed by atoms with van der Waals surface area (Å²) in [5.74, 6) is 1.03. The summed E-state index contributed by atoms with van der Waals surface area (Å²) in [6.45, 7) is 0.358. The number of fused-ring (bicyclic) bond motifs is 1. The van der Waals surface area contributed by atoms with Crippen LogP contribution in [0.4, 0.5) is 27.8 Å². The second kappa shape index (κ2) is 9.75. The van der Waals surface area contributed by atoms with Crippen LogP contribution in [0.5, 0.6) is 0 Å². The molecule has 40 heavy (non-hydrogen) atoms. The molecule has 3 N–H and O–H groups in total. The normalized spacial score (nSPS) is 18.9. The molecule has 6 heterocycles. The van der Waals surface area contributed by atoms with E-state index < -0.39 is 12.0 Å². The lowest BCUT2D eigenvalue weighted by molar-refractivity contribution is -0.117. The lowest BCUT2D eigenvalue weighted by Crippen LogP contribution is -2.40. The lowest BCUT2D eigenvalue weighted by Gasteiger charge is -2.24. The molecule has 5 aromatic rings. The first-order valence-electron chi connectivity index (χ1n) is 12.7. The van der Waals surface area contributed by atoms with Gasteiger partial charge in [0.15, 0.2) is 11.0 Å². The average Bonchev–Trinajstić information content (AvgIpc) is 3.29. The van der Waals surface area contributed by atoms with Gasteiger partial charge in [-0.2, -0.15) is 19.5 Å². The van der Waals surface area contributed by atoms with Crippen LogP contribution in [0.25, 0.3) is 5.65 Å². The topological polar surface area (TPSA) is 134 Å². The summed E-state index contributed by atoms with van der Waals surface area (Å²) < 4.78 is 16.9.